The van der Waals surface area contributed by atoms with Gasteiger partial charge in [0.25, 0.3) is 0 Å². The highest BCUT2D eigenvalue weighted by Crippen LogP contribution is 2.30. The van der Waals surface area contributed by atoms with E-state index < -0.39 is 22.6 Å². The third-order valence-corrected chi connectivity index (χ3v) is 6.05. The van der Waals surface area contributed by atoms with Gasteiger partial charge in [-0.3, -0.25) is 4.79 Å². The molecular weight excluding hydrogens is 428 g/mol. The molecule has 0 aliphatic carbocycles. The summed E-state index contributed by atoms with van der Waals surface area (Å²) in [5, 5.41) is 5.87. The van der Waals surface area contributed by atoms with Crippen LogP contribution in [0.15, 0.2) is 77.7 Å². The monoisotopic (exact) mass is 448 g/mol. The number of aromatic amines is 1. The van der Waals surface area contributed by atoms with Gasteiger partial charge in [0, 0.05) is 10.9 Å². The SMILES string of the molecule is Cc1ccc(S(N)(=O)=O)cc1C(=O)OCC(=O)c1c(-c2ccccc2)[nH]c2ccccc12. The molecule has 0 atom stereocenters. The Labute approximate surface area is 184 Å². The second-order valence-electron chi connectivity index (χ2n) is 7.31. The molecule has 1 heterocycles. The van der Waals surface area contributed by atoms with E-state index in [9.17, 15) is 18.0 Å². The fourth-order valence-corrected chi connectivity index (χ4v) is 4.07. The summed E-state index contributed by atoms with van der Waals surface area (Å²) in [6, 6.07) is 20.7. The quantitative estimate of drug-likeness (QED) is 0.343. The number of para-hydroxylation sites is 1. The number of carbonyl (C=O) groups is 2. The van der Waals surface area contributed by atoms with Gasteiger partial charge < -0.3 is 9.72 Å². The Morgan fingerprint density at radius 2 is 1.66 bits per heavy atom. The van der Waals surface area contributed by atoms with Crippen LogP contribution in [0.25, 0.3) is 22.2 Å². The third-order valence-electron chi connectivity index (χ3n) is 5.14. The predicted octanol–water partition coefficient (Wildman–Crippen LogP) is 3.83. The first-order valence-corrected chi connectivity index (χ1v) is 11.3. The molecule has 4 aromatic rings. The number of sulfonamides is 1. The number of nitrogens with one attached hydrogen (secondary N) is 1. The zero-order valence-electron chi connectivity index (χ0n) is 17.2. The predicted molar refractivity (Wildman–Crippen MR) is 121 cm³/mol. The van der Waals surface area contributed by atoms with Crippen molar-refractivity contribution in [1.82, 2.24) is 4.98 Å². The Bertz CT molecular complexity index is 1440. The van der Waals surface area contributed by atoms with Crippen molar-refractivity contribution in [3.63, 3.8) is 0 Å². The topological polar surface area (TPSA) is 119 Å². The summed E-state index contributed by atoms with van der Waals surface area (Å²) in [5.41, 5.74) is 3.22. The molecule has 0 aliphatic rings. The number of fused-ring (bicyclic) bond motifs is 1. The van der Waals surface area contributed by atoms with Crippen LogP contribution in [0.3, 0.4) is 0 Å². The van der Waals surface area contributed by atoms with Gasteiger partial charge in [0.2, 0.25) is 15.8 Å². The molecule has 0 spiro atoms. The van der Waals surface area contributed by atoms with Crippen molar-refractivity contribution >= 4 is 32.7 Å². The summed E-state index contributed by atoms with van der Waals surface area (Å²) in [6.07, 6.45) is 0. The Morgan fingerprint density at radius 3 is 2.38 bits per heavy atom. The largest absolute Gasteiger partial charge is 0.454 e. The molecule has 7 nitrogen and oxygen atoms in total. The number of hydrogen-bond donors (Lipinski definition) is 2. The van der Waals surface area contributed by atoms with Crippen LogP contribution in [0.1, 0.15) is 26.3 Å². The van der Waals surface area contributed by atoms with Gasteiger partial charge in [-0.05, 0) is 36.2 Å². The van der Waals surface area contributed by atoms with Gasteiger partial charge in [-0.25, -0.2) is 18.4 Å². The molecule has 162 valence electrons. The standard InChI is InChI=1S/C24H20N2O5S/c1-15-11-12-17(32(25,29)30)13-19(15)24(28)31-14-21(27)22-18-9-5-6-10-20(18)26-23(22)16-7-3-2-4-8-16/h2-13,26H,14H2,1H3,(H2,25,29,30). The fourth-order valence-electron chi connectivity index (χ4n) is 3.53. The van der Waals surface area contributed by atoms with E-state index >= 15 is 0 Å². The molecule has 0 bridgehead atoms. The average molecular weight is 449 g/mol. The molecule has 1 aromatic heterocycles. The van der Waals surface area contributed by atoms with E-state index in [-0.39, 0.29) is 16.2 Å². The Hall–Kier alpha value is -3.75. The van der Waals surface area contributed by atoms with E-state index in [1.165, 1.54) is 12.1 Å². The number of primary sulfonamides is 1. The number of aromatic nitrogens is 1. The summed E-state index contributed by atoms with van der Waals surface area (Å²) < 4.78 is 28.5. The van der Waals surface area contributed by atoms with Crippen molar-refractivity contribution < 1.29 is 22.7 Å². The van der Waals surface area contributed by atoms with Crippen molar-refractivity contribution in [2.24, 2.45) is 5.14 Å². The normalized spacial score (nSPS) is 11.4. The smallest absolute Gasteiger partial charge is 0.338 e. The Morgan fingerprint density at radius 1 is 0.969 bits per heavy atom. The van der Waals surface area contributed by atoms with Crippen LogP contribution < -0.4 is 5.14 Å². The number of ketones is 1. The number of esters is 1. The third kappa shape index (κ3) is 4.18. The fraction of sp³-hybridized carbons (Fsp3) is 0.0833. The molecule has 0 radical (unpaired) electrons. The number of H-pyrrole nitrogens is 1. The van der Waals surface area contributed by atoms with Crippen LogP contribution in [-0.4, -0.2) is 31.8 Å². The van der Waals surface area contributed by atoms with Crippen molar-refractivity contribution in [3.05, 3.63) is 89.5 Å². The number of ether oxygens (including phenoxy) is 1. The van der Waals surface area contributed by atoms with Crippen molar-refractivity contribution in [2.75, 3.05) is 6.61 Å². The molecule has 8 heteroatoms. The second kappa shape index (κ2) is 8.41. The number of nitrogens with two attached hydrogens (primary N) is 1. The van der Waals surface area contributed by atoms with Crippen LogP contribution in [0.4, 0.5) is 0 Å². The summed E-state index contributed by atoms with van der Waals surface area (Å²) >= 11 is 0. The lowest BCUT2D eigenvalue weighted by atomic mass is 10.0. The van der Waals surface area contributed by atoms with Gasteiger partial charge in [-0.1, -0.05) is 54.6 Å². The molecule has 0 saturated carbocycles. The lowest BCUT2D eigenvalue weighted by Gasteiger charge is -2.09. The van der Waals surface area contributed by atoms with Gasteiger partial charge in [0.15, 0.2) is 6.61 Å². The van der Waals surface area contributed by atoms with E-state index in [1.807, 2.05) is 54.6 Å². The molecule has 0 unspecified atom stereocenters. The number of Topliss-reactive ketones (excluding diaryl/α,β-unsaturated/α-hetero) is 1. The highest BCUT2D eigenvalue weighted by Gasteiger charge is 2.22. The molecule has 0 aliphatic heterocycles. The summed E-state index contributed by atoms with van der Waals surface area (Å²) in [4.78, 5) is 28.8. The van der Waals surface area contributed by atoms with Crippen molar-refractivity contribution in [2.45, 2.75) is 11.8 Å². The van der Waals surface area contributed by atoms with Gasteiger partial charge in [0.05, 0.1) is 21.7 Å². The maximum Gasteiger partial charge on any atom is 0.338 e. The first kappa shape index (κ1) is 21.5. The van der Waals surface area contributed by atoms with Crippen molar-refractivity contribution in [3.8, 4) is 11.3 Å². The molecular formula is C24H20N2O5S. The minimum Gasteiger partial charge on any atom is -0.454 e. The zero-order valence-corrected chi connectivity index (χ0v) is 18.0. The van der Waals surface area contributed by atoms with E-state index in [2.05, 4.69) is 4.98 Å². The summed E-state index contributed by atoms with van der Waals surface area (Å²) in [6.45, 7) is 1.14. The second-order valence-corrected chi connectivity index (χ2v) is 8.87. The Balaban J connectivity index is 1.64. The van der Waals surface area contributed by atoms with Gasteiger partial charge in [-0.2, -0.15) is 0 Å². The number of carbonyl (C=O) groups excluding carboxylic acids is 2. The Kier molecular flexibility index (Phi) is 5.65. The molecule has 4 rings (SSSR count). The highest BCUT2D eigenvalue weighted by molar-refractivity contribution is 7.89. The zero-order chi connectivity index (χ0) is 22.9. The van der Waals surface area contributed by atoms with Gasteiger partial charge >= 0.3 is 5.97 Å². The molecule has 0 amide bonds. The minimum atomic E-state index is -3.98. The van der Waals surface area contributed by atoms with E-state index in [1.54, 1.807) is 6.92 Å². The molecule has 32 heavy (non-hydrogen) atoms. The minimum absolute atomic E-state index is 0.0338. The first-order valence-electron chi connectivity index (χ1n) is 9.75. The number of hydrogen-bond acceptors (Lipinski definition) is 5. The van der Waals surface area contributed by atoms with Crippen LogP contribution in [0, 0.1) is 6.92 Å². The van der Waals surface area contributed by atoms with E-state index in [4.69, 9.17) is 9.88 Å². The molecule has 0 fully saturated rings. The lowest BCUT2D eigenvalue weighted by molar-refractivity contribution is 0.0474. The first-order chi connectivity index (χ1) is 15.3. The number of benzene rings is 3. The number of aryl methyl sites for hydroxylation is 1. The maximum atomic E-state index is 13.1. The van der Waals surface area contributed by atoms with Crippen LogP contribution in [0.2, 0.25) is 0 Å². The molecule has 0 saturated heterocycles. The molecule has 3 aromatic carbocycles. The van der Waals surface area contributed by atoms with Crippen LogP contribution in [-0.2, 0) is 14.8 Å². The van der Waals surface area contributed by atoms with Crippen LogP contribution in [0.5, 0.6) is 0 Å². The van der Waals surface area contributed by atoms with Crippen LogP contribution >= 0.6 is 0 Å². The maximum absolute atomic E-state index is 13.1. The van der Waals surface area contributed by atoms with E-state index in [0.29, 0.717) is 16.8 Å². The summed E-state index contributed by atoms with van der Waals surface area (Å²) in [7, 11) is -3.98. The van der Waals surface area contributed by atoms with E-state index in [0.717, 1.165) is 22.5 Å². The van der Waals surface area contributed by atoms with Crippen molar-refractivity contribution in [1.29, 1.82) is 0 Å². The van der Waals surface area contributed by atoms with Gasteiger partial charge in [0.1, 0.15) is 0 Å². The lowest BCUT2D eigenvalue weighted by Crippen LogP contribution is -2.17. The highest BCUT2D eigenvalue weighted by atomic mass is 32.2. The average Bonchev–Trinajstić information content (AvgIpc) is 3.17. The molecule has 3 N–H and O–H groups in total. The number of rotatable bonds is 6. The van der Waals surface area contributed by atoms with Gasteiger partial charge in [-0.15, -0.1) is 0 Å². The summed E-state index contributed by atoms with van der Waals surface area (Å²) in [5.74, 6) is -1.18.